The molecule has 1 atom stereocenters. The van der Waals surface area contributed by atoms with Gasteiger partial charge in [0.15, 0.2) is 0 Å². The highest BCUT2D eigenvalue weighted by Gasteiger charge is 2.14. The van der Waals surface area contributed by atoms with Crippen LogP contribution >= 0.6 is 11.6 Å². The Morgan fingerprint density at radius 3 is 2.81 bits per heavy atom. The molecule has 0 spiro atoms. The number of hydrogen-bond acceptors (Lipinski definition) is 2. The standard InChI is InChI=1S/C11H13ClFN3/c1-3-16-10-4-7(12)8(13)5-9(10)15-11(16)6(2)14/h4-6H,3,14H2,1-2H3/t6-/m1/s1. The van der Waals surface area contributed by atoms with Gasteiger partial charge in [-0.2, -0.15) is 0 Å². The van der Waals surface area contributed by atoms with E-state index in [-0.39, 0.29) is 11.1 Å². The van der Waals surface area contributed by atoms with Crippen molar-refractivity contribution in [1.29, 1.82) is 0 Å². The van der Waals surface area contributed by atoms with E-state index in [4.69, 9.17) is 17.3 Å². The van der Waals surface area contributed by atoms with Gasteiger partial charge in [0, 0.05) is 12.6 Å². The van der Waals surface area contributed by atoms with Gasteiger partial charge in [-0.05, 0) is 19.9 Å². The molecule has 2 rings (SSSR count). The minimum absolute atomic E-state index is 0.110. The van der Waals surface area contributed by atoms with E-state index in [1.54, 1.807) is 6.07 Å². The second kappa shape index (κ2) is 4.03. The maximum atomic E-state index is 13.3. The molecule has 2 aromatic rings. The van der Waals surface area contributed by atoms with Gasteiger partial charge in [-0.1, -0.05) is 11.6 Å². The molecule has 0 unspecified atom stereocenters. The topological polar surface area (TPSA) is 43.8 Å². The van der Waals surface area contributed by atoms with Gasteiger partial charge in [0.2, 0.25) is 0 Å². The summed E-state index contributed by atoms with van der Waals surface area (Å²) < 4.78 is 15.2. The molecule has 16 heavy (non-hydrogen) atoms. The minimum Gasteiger partial charge on any atom is -0.327 e. The molecular formula is C11H13ClFN3. The fourth-order valence-electron chi connectivity index (χ4n) is 1.82. The lowest BCUT2D eigenvalue weighted by Gasteiger charge is -2.08. The average molecular weight is 242 g/mol. The van der Waals surface area contributed by atoms with Gasteiger partial charge in [0.05, 0.1) is 22.1 Å². The first-order valence-electron chi connectivity index (χ1n) is 5.15. The summed E-state index contributed by atoms with van der Waals surface area (Å²) in [6.07, 6.45) is 0. The number of nitrogens with two attached hydrogens (primary N) is 1. The summed E-state index contributed by atoms with van der Waals surface area (Å²) in [5.74, 6) is 0.297. The summed E-state index contributed by atoms with van der Waals surface area (Å²) in [6, 6.07) is 2.75. The van der Waals surface area contributed by atoms with E-state index in [1.165, 1.54) is 6.07 Å². The van der Waals surface area contributed by atoms with Crippen molar-refractivity contribution in [2.24, 2.45) is 5.73 Å². The summed E-state index contributed by atoms with van der Waals surface area (Å²) in [5, 5.41) is 0.110. The lowest BCUT2D eigenvalue weighted by atomic mass is 10.3. The Kier molecular flexibility index (Phi) is 2.86. The fourth-order valence-corrected chi connectivity index (χ4v) is 1.98. The van der Waals surface area contributed by atoms with Crippen LogP contribution in [-0.2, 0) is 6.54 Å². The maximum absolute atomic E-state index is 13.3. The molecular weight excluding hydrogens is 229 g/mol. The van der Waals surface area contributed by atoms with Crippen LogP contribution in [0.5, 0.6) is 0 Å². The number of aryl methyl sites for hydroxylation is 1. The molecule has 0 saturated carbocycles. The molecule has 1 aromatic carbocycles. The third-order valence-electron chi connectivity index (χ3n) is 2.54. The molecule has 2 N–H and O–H groups in total. The third kappa shape index (κ3) is 1.68. The first-order valence-corrected chi connectivity index (χ1v) is 5.53. The summed E-state index contributed by atoms with van der Waals surface area (Å²) in [4.78, 5) is 4.32. The van der Waals surface area contributed by atoms with Crippen molar-refractivity contribution in [1.82, 2.24) is 9.55 Å². The normalized spacial score (nSPS) is 13.3. The van der Waals surface area contributed by atoms with Gasteiger partial charge in [-0.3, -0.25) is 0 Å². The van der Waals surface area contributed by atoms with E-state index in [1.807, 2.05) is 18.4 Å². The summed E-state index contributed by atoms with van der Waals surface area (Å²) >= 11 is 5.76. The zero-order valence-electron chi connectivity index (χ0n) is 9.17. The largest absolute Gasteiger partial charge is 0.327 e. The van der Waals surface area contributed by atoms with E-state index < -0.39 is 5.82 Å². The lowest BCUT2D eigenvalue weighted by molar-refractivity contribution is 0.629. The molecule has 1 aromatic heterocycles. The van der Waals surface area contributed by atoms with E-state index in [0.717, 1.165) is 17.9 Å². The highest BCUT2D eigenvalue weighted by Crippen LogP contribution is 2.25. The maximum Gasteiger partial charge on any atom is 0.144 e. The van der Waals surface area contributed by atoms with Crippen LogP contribution in [-0.4, -0.2) is 9.55 Å². The number of benzene rings is 1. The van der Waals surface area contributed by atoms with Gasteiger partial charge in [-0.25, -0.2) is 9.37 Å². The Hall–Kier alpha value is -1.13. The van der Waals surface area contributed by atoms with Gasteiger partial charge >= 0.3 is 0 Å². The second-order valence-corrected chi connectivity index (χ2v) is 4.17. The van der Waals surface area contributed by atoms with Crippen LogP contribution in [0.2, 0.25) is 5.02 Å². The molecule has 0 aliphatic rings. The van der Waals surface area contributed by atoms with Crippen molar-refractivity contribution >= 4 is 22.6 Å². The number of aromatic nitrogens is 2. The Labute approximate surface area is 98.0 Å². The molecule has 0 fully saturated rings. The first-order chi connectivity index (χ1) is 7.54. The fraction of sp³-hybridized carbons (Fsp3) is 0.364. The van der Waals surface area contributed by atoms with Crippen LogP contribution in [0, 0.1) is 5.82 Å². The van der Waals surface area contributed by atoms with E-state index in [2.05, 4.69) is 4.98 Å². The summed E-state index contributed by atoms with van der Waals surface area (Å²) in [5.41, 5.74) is 7.23. The smallest absolute Gasteiger partial charge is 0.144 e. The molecule has 0 amide bonds. The van der Waals surface area contributed by atoms with E-state index in [0.29, 0.717) is 5.52 Å². The van der Waals surface area contributed by atoms with Crippen molar-refractivity contribution in [2.75, 3.05) is 0 Å². The SMILES string of the molecule is CCn1c([C@@H](C)N)nc2cc(F)c(Cl)cc21. The van der Waals surface area contributed by atoms with Gasteiger partial charge in [0.1, 0.15) is 11.6 Å². The molecule has 0 radical (unpaired) electrons. The van der Waals surface area contributed by atoms with Crippen LogP contribution in [0.3, 0.4) is 0 Å². The van der Waals surface area contributed by atoms with E-state index >= 15 is 0 Å². The predicted octanol–water partition coefficient (Wildman–Crippen LogP) is 2.87. The number of rotatable bonds is 2. The predicted molar refractivity (Wildman–Crippen MR) is 63.0 cm³/mol. The number of imidazole rings is 1. The molecule has 0 aliphatic heterocycles. The van der Waals surface area contributed by atoms with Crippen LogP contribution in [0.4, 0.5) is 4.39 Å². The Bertz CT molecular complexity index is 533. The zero-order valence-corrected chi connectivity index (χ0v) is 9.92. The summed E-state index contributed by atoms with van der Waals surface area (Å²) in [7, 11) is 0. The number of fused-ring (bicyclic) bond motifs is 1. The zero-order chi connectivity index (χ0) is 11.9. The summed E-state index contributed by atoms with van der Waals surface area (Å²) in [6.45, 7) is 4.57. The molecule has 86 valence electrons. The Morgan fingerprint density at radius 2 is 2.25 bits per heavy atom. The van der Waals surface area contributed by atoms with Crippen molar-refractivity contribution in [3.63, 3.8) is 0 Å². The minimum atomic E-state index is -0.453. The number of halogens is 2. The molecule has 5 heteroatoms. The Balaban J connectivity index is 2.77. The van der Waals surface area contributed by atoms with Crippen molar-refractivity contribution in [3.05, 3.63) is 28.8 Å². The number of nitrogens with zero attached hydrogens (tertiary/aromatic N) is 2. The van der Waals surface area contributed by atoms with Crippen LogP contribution in [0.1, 0.15) is 25.7 Å². The van der Waals surface area contributed by atoms with Crippen LogP contribution in [0.25, 0.3) is 11.0 Å². The van der Waals surface area contributed by atoms with Gasteiger partial charge < -0.3 is 10.3 Å². The van der Waals surface area contributed by atoms with Crippen LogP contribution < -0.4 is 5.73 Å². The quantitative estimate of drug-likeness (QED) is 0.879. The van der Waals surface area contributed by atoms with Crippen molar-refractivity contribution in [3.8, 4) is 0 Å². The highest BCUT2D eigenvalue weighted by molar-refractivity contribution is 6.31. The third-order valence-corrected chi connectivity index (χ3v) is 2.83. The molecule has 1 heterocycles. The van der Waals surface area contributed by atoms with Crippen molar-refractivity contribution in [2.45, 2.75) is 26.4 Å². The first kappa shape index (κ1) is 11.4. The van der Waals surface area contributed by atoms with Crippen molar-refractivity contribution < 1.29 is 4.39 Å². The number of hydrogen-bond donors (Lipinski definition) is 1. The highest BCUT2D eigenvalue weighted by atomic mass is 35.5. The lowest BCUT2D eigenvalue weighted by Crippen LogP contribution is -2.12. The molecule has 0 saturated heterocycles. The molecule has 3 nitrogen and oxygen atoms in total. The van der Waals surface area contributed by atoms with E-state index in [9.17, 15) is 4.39 Å². The second-order valence-electron chi connectivity index (χ2n) is 3.76. The van der Waals surface area contributed by atoms with Crippen LogP contribution in [0.15, 0.2) is 12.1 Å². The van der Waals surface area contributed by atoms with Gasteiger partial charge in [-0.15, -0.1) is 0 Å². The average Bonchev–Trinajstić information content (AvgIpc) is 2.57. The Morgan fingerprint density at radius 1 is 1.56 bits per heavy atom. The monoisotopic (exact) mass is 241 g/mol. The molecule has 0 aliphatic carbocycles. The van der Waals surface area contributed by atoms with Gasteiger partial charge in [0.25, 0.3) is 0 Å². The molecule has 0 bridgehead atoms.